The van der Waals surface area contributed by atoms with Crippen LogP contribution in [0, 0.1) is 11.3 Å². The second kappa shape index (κ2) is 10.9. The molecular weight excluding hydrogens is 583 g/mol. The Bertz CT molecular complexity index is 1220. The van der Waals surface area contributed by atoms with Gasteiger partial charge in [-0.2, -0.15) is 5.26 Å². The van der Waals surface area contributed by atoms with Gasteiger partial charge in [0.25, 0.3) is 5.91 Å². The van der Waals surface area contributed by atoms with E-state index < -0.39 is 5.91 Å². The Balaban J connectivity index is 1.76. The monoisotopic (exact) mass is 594 g/mol. The van der Waals surface area contributed by atoms with Crippen molar-refractivity contribution in [3.63, 3.8) is 0 Å². The molecule has 0 aromatic heterocycles. The van der Waals surface area contributed by atoms with Crippen LogP contribution in [0.1, 0.15) is 11.1 Å². The molecule has 1 amide bonds. The Labute approximate surface area is 211 Å². The van der Waals surface area contributed by atoms with E-state index in [9.17, 15) is 15.2 Å². The van der Waals surface area contributed by atoms with Crippen molar-refractivity contribution >= 4 is 72.7 Å². The van der Waals surface area contributed by atoms with Crippen molar-refractivity contribution in [2.75, 3.05) is 5.32 Å². The zero-order valence-electron chi connectivity index (χ0n) is 16.2. The summed E-state index contributed by atoms with van der Waals surface area (Å²) in [6.45, 7) is 0.266. The molecule has 5 nitrogen and oxygen atoms in total. The highest BCUT2D eigenvalue weighted by atomic mass is 79.9. The Morgan fingerprint density at radius 1 is 1.06 bits per heavy atom. The third kappa shape index (κ3) is 6.27. The van der Waals surface area contributed by atoms with Crippen molar-refractivity contribution in [2.24, 2.45) is 0 Å². The summed E-state index contributed by atoms with van der Waals surface area (Å²) in [5, 5.41) is 22.3. The number of carbonyl (C=O) groups excluding carboxylic acids is 1. The fraction of sp³-hybridized carbons (Fsp3) is 0.0435. The Hall–Kier alpha value is -2.50. The minimum Gasteiger partial charge on any atom is -0.508 e. The summed E-state index contributed by atoms with van der Waals surface area (Å²) >= 11 is 18.9. The summed E-state index contributed by atoms with van der Waals surface area (Å²) < 4.78 is 7.16. The van der Waals surface area contributed by atoms with E-state index in [0.717, 1.165) is 5.56 Å². The molecule has 2 N–H and O–H groups in total. The fourth-order valence-electron chi connectivity index (χ4n) is 2.64. The van der Waals surface area contributed by atoms with Gasteiger partial charge in [0.05, 0.1) is 19.0 Å². The first-order valence-corrected chi connectivity index (χ1v) is 11.4. The molecule has 0 radical (unpaired) electrons. The predicted octanol–water partition coefficient (Wildman–Crippen LogP) is 7.35. The van der Waals surface area contributed by atoms with Gasteiger partial charge in [0.15, 0.2) is 0 Å². The Morgan fingerprint density at radius 3 is 2.31 bits per heavy atom. The molecule has 0 saturated heterocycles. The minimum absolute atomic E-state index is 0.0789. The van der Waals surface area contributed by atoms with Crippen molar-refractivity contribution in [1.29, 1.82) is 5.26 Å². The first kappa shape index (κ1) is 24.1. The number of hydrogen-bond acceptors (Lipinski definition) is 4. The molecule has 0 aliphatic carbocycles. The summed E-state index contributed by atoms with van der Waals surface area (Å²) in [6, 6.07) is 16.6. The lowest BCUT2D eigenvalue weighted by molar-refractivity contribution is -0.112. The highest BCUT2D eigenvalue weighted by Gasteiger charge is 2.13. The molecule has 0 aliphatic heterocycles. The van der Waals surface area contributed by atoms with Crippen molar-refractivity contribution in [1.82, 2.24) is 0 Å². The van der Waals surface area contributed by atoms with Gasteiger partial charge in [-0.15, -0.1) is 0 Å². The molecule has 3 rings (SSSR count). The normalized spacial score (nSPS) is 11.0. The van der Waals surface area contributed by atoms with Crippen LogP contribution in [0.2, 0.25) is 10.0 Å². The molecule has 0 unspecified atom stereocenters. The molecule has 0 heterocycles. The van der Waals surface area contributed by atoms with Crippen molar-refractivity contribution in [3.05, 3.63) is 90.3 Å². The van der Waals surface area contributed by atoms with Gasteiger partial charge in [-0.1, -0.05) is 29.3 Å². The van der Waals surface area contributed by atoms with Gasteiger partial charge in [-0.3, -0.25) is 4.79 Å². The first-order valence-electron chi connectivity index (χ1n) is 9.05. The van der Waals surface area contributed by atoms with E-state index in [2.05, 4.69) is 37.2 Å². The van der Waals surface area contributed by atoms with E-state index in [0.29, 0.717) is 36.0 Å². The maximum Gasteiger partial charge on any atom is 0.266 e. The fourth-order valence-corrected chi connectivity index (χ4v) is 4.42. The smallest absolute Gasteiger partial charge is 0.266 e. The summed E-state index contributed by atoms with van der Waals surface area (Å²) in [7, 11) is 0. The van der Waals surface area contributed by atoms with Gasteiger partial charge in [0.2, 0.25) is 0 Å². The number of nitrogens with zero attached hydrogens (tertiary/aromatic N) is 1. The largest absolute Gasteiger partial charge is 0.508 e. The average molecular weight is 597 g/mol. The van der Waals surface area contributed by atoms with Gasteiger partial charge in [0.1, 0.15) is 29.7 Å². The van der Waals surface area contributed by atoms with Crippen LogP contribution in [0.25, 0.3) is 6.08 Å². The second-order valence-electron chi connectivity index (χ2n) is 6.52. The number of ether oxygens (including phenoxy) is 1. The van der Waals surface area contributed by atoms with Gasteiger partial charge in [-0.05, 0) is 97.6 Å². The SMILES string of the molecule is N#C/C(=C\c1cc(Br)c(OCc2ccc(Cl)c(Cl)c2)c(Br)c1)C(=O)Nc1ccc(O)cc1. The highest BCUT2D eigenvalue weighted by molar-refractivity contribution is 9.11. The molecule has 0 fully saturated rings. The molecule has 32 heavy (non-hydrogen) atoms. The van der Waals surface area contributed by atoms with E-state index >= 15 is 0 Å². The van der Waals surface area contributed by atoms with Crippen LogP contribution in [0.15, 0.2) is 69.1 Å². The zero-order chi connectivity index (χ0) is 23.3. The van der Waals surface area contributed by atoms with Crippen LogP contribution in [-0.4, -0.2) is 11.0 Å². The van der Waals surface area contributed by atoms with E-state index in [-0.39, 0.29) is 17.9 Å². The second-order valence-corrected chi connectivity index (χ2v) is 9.04. The van der Waals surface area contributed by atoms with E-state index in [1.165, 1.54) is 30.3 Å². The number of phenolic OH excluding ortho intramolecular Hbond substituents is 1. The number of nitriles is 1. The number of phenols is 1. The van der Waals surface area contributed by atoms with E-state index in [1.807, 2.05) is 12.1 Å². The van der Waals surface area contributed by atoms with Crippen LogP contribution < -0.4 is 10.1 Å². The van der Waals surface area contributed by atoms with E-state index in [4.69, 9.17) is 27.9 Å². The van der Waals surface area contributed by atoms with Gasteiger partial charge in [0, 0.05) is 5.69 Å². The minimum atomic E-state index is -0.564. The predicted molar refractivity (Wildman–Crippen MR) is 133 cm³/mol. The van der Waals surface area contributed by atoms with Crippen LogP contribution >= 0.6 is 55.1 Å². The van der Waals surface area contributed by atoms with Gasteiger partial charge in [-0.25, -0.2) is 0 Å². The van der Waals surface area contributed by atoms with Crippen molar-refractivity contribution in [3.8, 4) is 17.6 Å². The maximum absolute atomic E-state index is 12.4. The molecular formula is C23H14Br2Cl2N2O3. The highest BCUT2D eigenvalue weighted by Crippen LogP contribution is 2.36. The lowest BCUT2D eigenvalue weighted by atomic mass is 10.1. The van der Waals surface area contributed by atoms with Crippen molar-refractivity contribution < 1.29 is 14.6 Å². The van der Waals surface area contributed by atoms with Crippen LogP contribution in [0.5, 0.6) is 11.5 Å². The molecule has 162 valence electrons. The number of aromatic hydroxyl groups is 1. The van der Waals surface area contributed by atoms with Gasteiger partial charge < -0.3 is 15.2 Å². The van der Waals surface area contributed by atoms with Gasteiger partial charge >= 0.3 is 0 Å². The molecule has 3 aromatic rings. The average Bonchev–Trinajstić information content (AvgIpc) is 2.75. The molecule has 0 spiro atoms. The lowest BCUT2D eigenvalue weighted by Crippen LogP contribution is -2.13. The van der Waals surface area contributed by atoms with Crippen LogP contribution in [0.4, 0.5) is 5.69 Å². The summed E-state index contributed by atoms with van der Waals surface area (Å²) in [5.41, 5.74) is 1.84. The molecule has 0 saturated carbocycles. The summed E-state index contributed by atoms with van der Waals surface area (Å²) in [4.78, 5) is 12.4. The molecule has 9 heteroatoms. The third-order valence-electron chi connectivity index (χ3n) is 4.19. The number of anilines is 1. The number of carbonyl (C=O) groups is 1. The van der Waals surface area contributed by atoms with Crippen molar-refractivity contribution in [2.45, 2.75) is 6.61 Å². The summed E-state index contributed by atoms with van der Waals surface area (Å²) in [5.74, 6) is 0.0702. The molecule has 0 atom stereocenters. The summed E-state index contributed by atoms with van der Waals surface area (Å²) in [6.07, 6.45) is 1.47. The number of hydrogen-bond donors (Lipinski definition) is 2. The first-order chi connectivity index (χ1) is 15.3. The molecule has 0 bridgehead atoms. The molecule has 3 aromatic carbocycles. The number of rotatable bonds is 6. The third-order valence-corrected chi connectivity index (χ3v) is 6.11. The Kier molecular flexibility index (Phi) is 8.21. The lowest BCUT2D eigenvalue weighted by Gasteiger charge is -2.12. The van der Waals surface area contributed by atoms with Crippen LogP contribution in [0.3, 0.4) is 0 Å². The topological polar surface area (TPSA) is 82.3 Å². The quantitative estimate of drug-likeness (QED) is 0.177. The zero-order valence-corrected chi connectivity index (χ0v) is 20.9. The maximum atomic E-state index is 12.4. The Morgan fingerprint density at radius 2 is 1.72 bits per heavy atom. The number of benzene rings is 3. The van der Waals surface area contributed by atoms with Crippen LogP contribution in [-0.2, 0) is 11.4 Å². The number of amides is 1. The van der Waals surface area contributed by atoms with E-state index in [1.54, 1.807) is 24.3 Å². The molecule has 0 aliphatic rings. The number of nitrogens with one attached hydrogen (secondary N) is 1. The number of halogens is 4. The standard InChI is InChI=1S/C23H14Br2Cl2N2O3/c24-18-8-14(7-15(11-28)23(31)29-16-2-4-17(30)5-3-16)9-19(25)22(18)32-12-13-1-6-20(26)21(27)10-13/h1-10,30H,12H2,(H,29,31)/b15-7+.